The van der Waals surface area contributed by atoms with Gasteiger partial charge in [0.05, 0.1) is 33.8 Å². The molecule has 1 atom stereocenters. The molecule has 0 aliphatic carbocycles. The average Bonchev–Trinajstić information content (AvgIpc) is 3.91. The van der Waals surface area contributed by atoms with Gasteiger partial charge in [-0.25, -0.2) is 4.98 Å². The molecule has 0 bridgehead atoms. The Morgan fingerprint density at radius 3 is 1.95 bits per heavy atom. The van der Waals surface area contributed by atoms with Crippen LogP contribution in [0.3, 0.4) is 0 Å². The summed E-state index contributed by atoms with van der Waals surface area (Å²) in [7, 11) is 0. The Hall–Kier alpha value is -5.99. The Labute approximate surface area is 405 Å². The predicted molar refractivity (Wildman–Crippen MR) is 273 cm³/mol. The first kappa shape index (κ1) is 46.5. The van der Waals surface area contributed by atoms with Crippen LogP contribution in [0.1, 0.15) is 63.4 Å². The number of hydrogen-bond donors (Lipinski definition) is 0. The number of aryl methyl sites for hydroxylation is 1. The van der Waals surface area contributed by atoms with Gasteiger partial charge in [-0.05, 0) is 42.2 Å². The fraction of sp³-hybridized carbons (Fsp3) is 0.207. The van der Waals surface area contributed by atoms with E-state index < -0.39 is 13.3 Å². The van der Waals surface area contributed by atoms with Crippen LogP contribution in [0, 0.1) is 25.0 Å². The minimum absolute atomic E-state index is 0. The first-order valence-electron chi connectivity index (χ1n) is 22.7. The monoisotopic (exact) mass is 1100 g/mol. The fourth-order valence-electron chi connectivity index (χ4n) is 8.40. The predicted octanol–water partition coefficient (Wildman–Crippen LogP) is 14.8. The van der Waals surface area contributed by atoms with Crippen molar-refractivity contribution in [1.29, 1.82) is 0 Å². The quantitative estimate of drug-likeness (QED) is 0.106. The maximum absolute atomic E-state index is 6.64. The summed E-state index contributed by atoms with van der Waals surface area (Å²) in [6.07, 6.45) is 3.88. The number of furan rings is 1. The maximum atomic E-state index is 6.64. The molecule has 6 nitrogen and oxygen atoms in total. The topological polar surface area (TPSA) is 69.6 Å². The first-order chi connectivity index (χ1) is 31.4. The summed E-state index contributed by atoms with van der Waals surface area (Å²) in [6, 6.07) is 55.5. The smallest absolute Gasteiger partial charge is 0.216 e. The molecule has 10 aromatic rings. The van der Waals surface area contributed by atoms with Crippen LogP contribution >= 0.6 is 0 Å². The van der Waals surface area contributed by atoms with Crippen molar-refractivity contribution in [3.8, 4) is 50.6 Å². The van der Waals surface area contributed by atoms with Gasteiger partial charge < -0.3 is 8.98 Å². The third-order valence-electron chi connectivity index (χ3n) is 12.6. The van der Waals surface area contributed by atoms with E-state index in [1.54, 1.807) is 0 Å². The molecular formula is C58H55GeIrN5O-2. The second kappa shape index (κ2) is 19.5. The van der Waals surface area contributed by atoms with Gasteiger partial charge in [-0.1, -0.05) is 111 Å². The third-order valence-corrected chi connectivity index (χ3v) is 16.9. The summed E-state index contributed by atoms with van der Waals surface area (Å²) in [6.45, 7) is 13.1. The third kappa shape index (κ3) is 9.22. The Morgan fingerprint density at radius 2 is 1.36 bits per heavy atom. The molecule has 8 heteroatoms. The molecule has 0 aliphatic heterocycles. The molecule has 1 radical (unpaired) electrons. The molecule has 0 saturated carbocycles. The van der Waals surface area contributed by atoms with Crippen LogP contribution in [0.2, 0.25) is 17.3 Å². The average molecular weight is 1100 g/mol. The molecule has 333 valence electrons. The van der Waals surface area contributed by atoms with E-state index in [-0.39, 0.29) is 20.1 Å². The molecule has 1 unspecified atom stereocenters. The minimum atomic E-state index is -1.74. The normalized spacial score (nSPS) is 12.1. The summed E-state index contributed by atoms with van der Waals surface area (Å²) in [5.41, 5.74) is 14.7. The summed E-state index contributed by atoms with van der Waals surface area (Å²) in [4.78, 5) is 19.6. The summed E-state index contributed by atoms with van der Waals surface area (Å²) >= 11 is -1.74. The number of pyridine rings is 3. The second-order valence-corrected chi connectivity index (χ2v) is 29.3. The second-order valence-electron chi connectivity index (χ2n) is 18.7. The van der Waals surface area contributed by atoms with Crippen molar-refractivity contribution in [2.45, 2.75) is 70.6 Å². The Kier molecular flexibility index (Phi) is 13.7. The molecule has 5 heterocycles. The van der Waals surface area contributed by atoms with Crippen LogP contribution in [0.15, 0.2) is 156 Å². The van der Waals surface area contributed by atoms with Crippen molar-refractivity contribution < 1.29 is 24.5 Å². The summed E-state index contributed by atoms with van der Waals surface area (Å²) in [5, 5.41) is 1.98. The van der Waals surface area contributed by atoms with E-state index in [1.165, 1.54) is 9.96 Å². The molecule has 0 N–H and O–H groups in total. The van der Waals surface area contributed by atoms with Crippen LogP contribution < -0.4 is 4.40 Å². The van der Waals surface area contributed by atoms with E-state index >= 15 is 0 Å². The van der Waals surface area contributed by atoms with Crippen LogP contribution in [0.4, 0.5) is 0 Å². The number of benzene rings is 5. The molecule has 0 amide bonds. The standard InChI is InChI=1S/C41H33N4O.C17H22GeN.Ir/c1-25(2)26(3)35-22-21-33-32-19-12-20-34(39(32)46-41(33)44-35)40-43-36-23-24-42-27(4)37(36)45(40)38-30(28-13-7-5-8-14-28)17-11-18-31(38)29-15-9-6-10-16-29;1-13(2)14-6-8-15(9-7-14)17-11-10-16(12-19-17)18(3,4)5;/h5-19,21-26H,1-4H3;6-8,10-13H,1-5H3;/q2*-1;. The number of hydrogen-bond acceptors (Lipinski definition) is 5. The number of para-hydroxylation sites is 1. The van der Waals surface area contributed by atoms with Gasteiger partial charge in [0.25, 0.3) is 0 Å². The van der Waals surface area contributed by atoms with Gasteiger partial charge in [0, 0.05) is 54.4 Å². The SMILES string of the molecule is CC(C)c1c[c-]c(-c2cc[c]([Ge]([CH3])([CH3])[CH3])cn2)cc1.Cc1nccc2nc(-c3[c-]ccc4c3oc3nc(C(C)C(C)C)ccc34)n(-c3c(-c4ccccc4)cccc3-c3ccccc3)c12.[Ir]. The molecule has 10 rings (SSSR count). The molecule has 0 aliphatic rings. The van der Waals surface area contributed by atoms with Crippen LogP contribution in [0.25, 0.3) is 83.7 Å². The molecule has 5 aromatic carbocycles. The molecular weight excluding hydrogens is 1050 g/mol. The molecule has 0 fully saturated rings. The zero-order chi connectivity index (χ0) is 45.4. The van der Waals surface area contributed by atoms with E-state index in [9.17, 15) is 0 Å². The van der Waals surface area contributed by atoms with Gasteiger partial charge in [0.1, 0.15) is 0 Å². The molecule has 0 spiro atoms. The van der Waals surface area contributed by atoms with Gasteiger partial charge in [0.15, 0.2) is 0 Å². The fourth-order valence-corrected chi connectivity index (χ4v) is 10.6. The van der Waals surface area contributed by atoms with E-state index in [2.05, 4.69) is 207 Å². The van der Waals surface area contributed by atoms with Crippen molar-refractivity contribution in [2.75, 3.05) is 0 Å². The van der Waals surface area contributed by atoms with Crippen molar-refractivity contribution in [2.24, 2.45) is 5.92 Å². The van der Waals surface area contributed by atoms with Crippen molar-refractivity contribution in [3.05, 3.63) is 181 Å². The number of aromatic nitrogens is 5. The van der Waals surface area contributed by atoms with Gasteiger partial charge >= 0.3 is 119 Å². The number of imidazole rings is 1. The van der Waals surface area contributed by atoms with Crippen molar-refractivity contribution >= 4 is 50.8 Å². The molecule has 66 heavy (non-hydrogen) atoms. The Bertz CT molecular complexity index is 3200. The number of rotatable bonds is 9. The van der Waals surface area contributed by atoms with Crippen molar-refractivity contribution in [1.82, 2.24) is 24.5 Å². The maximum Gasteiger partial charge on any atom is 0.216 e. The van der Waals surface area contributed by atoms with Gasteiger partial charge in [-0.15, -0.1) is 18.2 Å². The summed E-state index contributed by atoms with van der Waals surface area (Å²) in [5.74, 6) is 9.25. The van der Waals surface area contributed by atoms with Crippen molar-refractivity contribution in [3.63, 3.8) is 0 Å². The van der Waals surface area contributed by atoms with E-state index in [0.717, 1.165) is 89.4 Å². The first-order valence-corrected chi connectivity index (χ1v) is 30.0. The van der Waals surface area contributed by atoms with Crippen LogP contribution in [-0.2, 0) is 20.1 Å². The van der Waals surface area contributed by atoms with Crippen LogP contribution in [0.5, 0.6) is 0 Å². The van der Waals surface area contributed by atoms with Gasteiger partial charge in [0.2, 0.25) is 5.71 Å². The Balaban J connectivity index is 0.000000249. The largest absolute Gasteiger partial charge is 0.486 e. The molecule has 5 aromatic heterocycles. The zero-order valence-electron chi connectivity index (χ0n) is 39.1. The number of fused-ring (bicyclic) bond motifs is 4. The Morgan fingerprint density at radius 1 is 0.667 bits per heavy atom. The van der Waals surface area contributed by atoms with Gasteiger partial charge in [-0.2, -0.15) is 0 Å². The number of nitrogens with zero attached hydrogens (tertiary/aromatic N) is 5. The zero-order valence-corrected chi connectivity index (χ0v) is 43.6. The molecule has 0 saturated heterocycles. The minimum Gasteiger partial charge on any atom is -0.486 e. The summed E-state index contributed by atoms with van der Waals surface area (Å²) < 4.78 is 10.4. The van der Waals surface area contributed by atoms with Gasteiger partial charge in [-0.3, -0.25) is 9.97 Å². The van der Waals surface area contributed by atoms with E-state index in [1.807, 2.05) is 25.3 Å². The van der Waals surface area contributed by atoms with E-state index in [4.69, 9.17) is 19.4 Å². The van der Waals surface area contributed by atoms with E-state index in [0.29, 0.717) is 23.5 Å². The van der Waals surface area contributed by atoms with Crippen LogP contribution in [-0.4, -0.2) is 37.8 Å².